The van der Waals surface area contributed by atoms with Crippen molar-refractivity contribution in [3.8, 4) is 5.75 Å². The number of para-hydroxylation sites is 1. The van der Waals surface area contributed by atoms with E-state index in [-0.39, 0.29) is 17.3 Å². The van der Waals surface area contributed by atoms with E-state index in [2.05, 4.69) is 0 Å². The molecule has 0 bridgehead atoms. The van der Waals surface area contributed by atoms with E-state index in [0.717, 1.165) is 17.7 Å². The Balaban J connectivity index is 1.56. The van der Waals surface area contributed by atoms with Crippen LogP contribution in [0.4, 0.5) is 5.69 Å². The van der Waals surface area contributed by atoms with Gasteiger partial charge < -0.3 is 14.7 Å². The number of carbonyl (C=O) groups excluding carboxylic acids is 1. The molecule has 1 saturated heterocycles. The van der Waals surface area contributed by atoms with E-state index in [1.807, 2.05) is 37.3 Å². The third-order valence-electron chi connectivity index (χ3n) is 7.27. The molecule has 2 unspecified atom stereocenters. The summed E-state index contributed by atoms with van der Waals surface area (Å²) in [5.74, 6) is 0.215. The van der Waals surface area contributed by atoms with Crippen LogP contribution in [0.5, 0.6) is 5.75 Å². The van der Waals surface area contributed by atoms with Crippen molar-refractivity contribution in [2.75, 3.05) is 18.5 Å². The van der Waals surface area contributed by atoms with E-state index in [1.165, 1.54) is 9.21 Å². The largest absolute Gasteiger partial charge is 0.485 e. The zero-order valence-electron chi connectivity index (χ0n) is 20.8. The van der Waals surface area contributed by atoms with Crippen LogP contribution < -0.4 is 9.64 Å². The van der Waals surface area contributed by atoms with Crippen LogP contribution in [-0.4, -0.2) is 49.0 Å². The van der Waals surface area contributed by atoms with Gasteiger partial charge in [0, 0.05) is 30.4 Å². The molecule has 2 heterocycles. The Bertz CT molecular complexity index is 1420. The molecule has 0 saturated carbocycles. The van der Waals surface area contributed by atoms with Gasteiger partial charge in [0.15, 0.2) is 0 Å². The van der Waals surface area contributed by atoms with Gasteiger partial charge in [-0.05, 0) is 68.3 Å². The number of aliphatic hydroxyl groups is 1. The molecule has 5 rings (SSSR count). The molecule has 2 aliphatic heterocycles. The zero-order chi connectivity index (χ0) is 25.9. The Kier molecular flexibility index (Phi) is 5.74. The van der Waals surface area contributed by atoms with Crippen LogP contribution in [-0.2, 0) is 22.0 Å². The predicted octanol–water partition coefficient (Wildman–Crippen LogP) is 3.96. The highest BCUT2D eigenvalue weighted by molar-refractivity contribution is 7.89. The highest BCUT2D eigenvalue weighted by atomic mass is 32.2. The second-order valence-corrected chi connectivity index (χ2v) is 11.8. The van der Waals surface area contributed by atoms with Crippen molar-refractivity contribution in [1.82, 2.24) is 4.31 Å². The maximum absolute atomic E-state index is 13.6. The number of aryl methyl sites for hydroxylation is 1. The van der Waals surface area contributed by atoms with E-state index in [4.69, 9.17) is 4.74 Å². The number of hydrogen-bond donors (Lipinski definition) is 1. The van der Waals surface area contributed by atoms with Gasteiger partial charge in [-0.2, -0.15) is 4.31 Å². The molecule has 1 N–H and O–H groups in total. The molecule has 3 aromatic rings. The molecular formula is C28H30N2O5S. The first kappa shape index (κ1) is 24.5. The van der Waals surface area contributed by atoms with Gasteiger partial charge in [0.05, 0.1) is 4.90 Å². The first-order chi connectivity index (χ1) is 17.0. The van der Waals surface area contributed by atoms with Crippen LogP contribution in [0, 0.1) is 0 Å². The van der Waals surface area contributed by atoms with Crippen LogP contribution in [0.2, 0.25) is 0 Å². The molecule has 188 valence electrons. The summed E-state index contributed by atoms with van der Waals surface area (Å²) in [5, 5.41) is 11.4. The van der Waals surface area contributed by atoms with Gasteiger partial charge >= 0.3 is 0 Å². The van der Waals surface area contributed by atoms with E-state index in [0.29, 0.717) is 16.9 Å². The summed E-state index contributed by atoms with van der Waals surface area (Å²) in [5.41, 5.74) is 0.398. The number of fused-ring (bicyclic) bond motifs is 2. The molecule has 3 aromatic carbocycles. The predicted molar refractivity (Wildman–Crippen MR) is 138 cm³/mol. The maximum Gasteiger partial charge on any atom is 0.258 e. The maximum atomic E-state index is 13.6. The van der Waals surface area contributed by atoms with Gasteiger partial charge in [-0.15, -0.1) is 0 Å². The van der Waals surface area contributed by atoms with Crippen molar-refractivity contribution in [3.63, 3.8) is 0 Å². The Hall–Kier alpha value is -3.20. The normalized spacial score (nSPS) is 24.0. The Morgan fingerprint density at radius 3 is 2.39 bits per heavy atom. The fourth-order valence-electron chi connectivity index (χ4n) is 5.06. The molecule has 2 aliphatic rings. The van der Waals surface area contributed by atoms with Crippen molar-refractivity contribution >= 4 is 21.6 Å². The summed E-state index contributed by atoms with van der Waals surface area (Å²) >= 11 is 0. The molecule has 36 heavy (non-hydrogen) atoms. The summed E-state index contributed by atoms with van der Waals surface area (Å²) in [6, 6.07) is 21.1. The Morgan fingerprint density at radius 2 is 1.75 bits per heavy atom. The molecule has 0 aliphatic carbocycles. The van der Waals surface area contributed by atoms with Gasteiger partial charge in [-0.3, -0.25) is 4.79 Å². The lowest BCUT2D eigenvalue weighted by molar-refractivity contribution is -0.0720. The SMILES string of the molecule is CCc1ccc(S(=O)(=O)N2CC23c2cc(C(=O)N(C)c4ccccc4)ccc2OC(C)(C)[C@H]3O)cc1. The number of nitrogens with zero attached hydrogens (tertiary/aromatic N) is 2. The molecule has 1 spiro atoms. The first-order valence-electron chi connectivity index (χ1n) is 12.0. The van der Waals surface area contributed by atoms with Crippen LogP contribution in [0.15, 0.2) is 77.7 Å². The van der Waals surface area contributed by atoms with Crippen LogP contribution in [0.25, 0.3) is 0 Å². The molecular weight excluding hydrogens is 476 g/mol. The minimum atomic E-state index is -3.89. The average molecular weight is 507 g/mol. The van der Waals surface area contributed by atoms with Crippen molar-refractivity contribution < 1.29 is 23.1 Å². The highest BCUT2D eigenvalue weighted by Gasteiger charge is 2.70. The summed E-state index contributed by atoms with van der Waals surface area (Å²) in [6.07, 6.45) is -0.334. The van der Waals surface area contributed by atoms with Crippen LogP contribution in [0.1, 0.15) is 42.3 Å². The average Bonchev–Trinajstić information content (AvgIpc) is 3.64. The Labute approximate surface area is 212 Å². The highest BCUT2D eigenvalue weighted by Crippen LogP contribution is 2.57. The number of benzene rings is 3. The molecule has 1 amide bonds. The fraction of sp³-hybridized carbons (Fsp3) is 0.321. The minimum absolute atomic E-state index is 0.0952. The number of anilines is 1. The molecule has 1 fully saturated rings. The summed E-state index contributed by atoms with van der Waals surface area (Å²) < 4.78 is 34.7. The number of amides is 1. The monoisotopic (exact) mass is 506 g/mol. The number of carbonyl (C=O) groups is 1. The minimum Gasteiger partial charge on any atom is -0.485 e. The number of hydrogen-bond acceptors (Lipinski definition) is 5. The summed E-state index contributed by atoms with van der Waals surface area (Å²) in [7, 11) is -2.20. The van der Waals surface area contributed by atoms with Crippen molar-refractivity contribution in [2.24, 2.45) is 0 Å². The van der Waals surface area contributed by atoms with Crippen molar-refractivity contribution in [1.29, 1.82) is 0 Å². The lowest BCUT2D eigenvalue weighted by Gasteiger charge is -2.42. The van der Waals surface area contributed by atoms with E-state index in [9.17, 15) is 18.3 Å². The quantitative estimate of drug-likeness (QED) is 0.530. The van der Waals surface area contributed by atoms with Gasteiger partial charge in [-0.25, -0.2) is 8.42 Å². The molecule has 3 atom stereocenters. The first-order valence-corrected chi connectivity index (χ1v) is 13.4. The van der Waals surface area contributed by atoms with E-state index >= 15 is 0 Å². The number of aliphatic hydroxyl groups excluding tert-OH is 1. The summed E-state index contributed by atoms with van der Waals surface area (Å²) in [6.45, 7) is 5.58. The van der Waals surface area contributed by atoms with Crippen molar-refractivity contribution in [3.05, 3.63) is 89.5 Å². The van der Waals surface area contributed by atoms with E-state index < -0.39 is 27.3 Å². The zero-order valence-corrected chi connectivity index (χ0v) is 21.6. The van der Waals surface area contributed by atoms with Crippen LogP contribution in [0.3, 0.4) is 0 Å². The number of ether oxygens (including phenoxy) is 1. The van der Waals surface area contributed by atoms with E-state index in [1.54, 1.807) is 63.4 Å². The number of sulfonamides is 1. The molecule has 8 heteroatoms. The molecule has 0 radical (unpaired) electrons. The third kappa shape index (κ3) is 3.72. The lowest BCUT2D eigenvalue weighted by atomic mass is 9.80. The number of rotatable bonds is 5. The van der Waals surface area contributed by atoms with Gasteiger partial charge in [0.2, 0.25) is 10.0 Å². The Morgan fingerprint density at radius 1 is 1.08 bits per heavy atom. The smallest absolute Gasteiger partial charge is 0.258 e. The molecule has 0 aromatic heterocycles. The second-order valence-electron chi connectivity index (χ2n) is 9.95. The summed E-state index contributed by atoms with van der Waals surface area (Å²) in [4.78, 5) is 15.0. The molecule has 7 nitrogen and oxygen atoms in total. The van der Waals surface area contributed by atoms with Gasteiger partial charge in [0.1, 0.15) is 23.0 Å². The second kappa shape index (κ2) is 8.44. The topological polar surface area (TPSA) is 86.9 Å². The van der Waals surface area contributed by atoms with Crippen molar-refractivity contribution in [2.45, 2.75) is 49.3 Å². The van der Waals surface area contributed by atoms with Crippen LogP contribution >= 0.6 is 0 Å². The van der Waals surface area contributed by atoms with Gasteiger partial charge in [0.25, 0.3) is 5.91 Å². The standard InChI is InChI=1S/C28H30N2O5S/c1-5-19-11-14-22(15-12-19)36(33,34)30-18-28(30)23-17-20(13-16-24(23)35-27(2,3)26(28)32)25(31)29(4)21-9-7-6-8-10-21/h6-17,26,32H,5,18H2,1-4H3/t26-,28?,30?/m1/s1. The fourth-order valence-corrected chi connectivity index (χ4v) is 6.79. The third-order valence-corrected chi connectivity index (χ3v) is 9.17. The van der Waals surface area contributed by atoms with Gasteiger partial charge in [-0.1, -0.05) is 37.3 Å². The lowest BCUT2D eigenvalue weighted by Crippen LogP contribution is -2.55.